The van der Waals surface area contributed by atoms with Crippen molar-refractivity contribution in [3.05, 3.63) is 17.4 Å². The molecule has 0 atom stereocenters. The number of rotatable bonds is 6. The number of methoxy groups -OCH3 is 3. The van der Waals surface area contributed by atoms with Crippen molar-refractivity contribution in [3.63, 3.8) is 0 Å². The van der Waals surface area contributed by atoms with E-state index in [1.807, 2.05) is 0 Å². The van der Waals surface area contributed by atoms with E-state index in [0.29, 0.717) is 5.56 Å². The van der Waals surface area contributed by atoms with Gasteiger partial charge < -0.3 is 19.3 Å². The lowest BCUT2D eigenvalue weighted by Crippen LogP contribution is -2.24. The van der Waals surface area contributed by atoms with Crippen molar-refractivity contribution in [1.82, 2.24) is 0 Å². The number of hydrogen-bond acceptors (Lipinski definition) is 4. The summed E-state index contributed by atoms with van der Waals surface area (Å²) in [7, 11) is 4.12. The summed E-state index contributed by atoms with van der Waals surface area (Å²) >= 11 is 0. The molecule has 0 aliphatic carbocycles. The Kier molecular flexibility index (Phi) is 4.81. The van der Waals surface area contributed by atoms with Gasteiger partial charge in [-0.2, -0.15) is 0 Å². The van der Waals surface area contributed by atoms with E-state index in [2.05, 4.69) is 0 Å². The maximum Gasteiger partial charge on any atom is 0.304 e. The number of carboxylic acid groups (broad SMARTS) is 1. The molecule has 0 heterocycles. The number of carboxylic acids is 1. The van der Waals surface area contributed by atoms with Gasteiger partial charge in [0, 0.05) is 17.0 Å². The highest BCUT2D eigenvalue weighted by molar-refractivity contribution is 5.70. The molecule has 112 valence electrons. The van der Waals surface area contributed by atoms with Gasteiger partial charge in [0.1, 0.15) is 0 Å². The Balaban J connectivity index is 3.63. The van der Waals surface area contributed by atoms with E-state index in [-0.39, 0.29) is 23.7 Å². The Hall–Kier alpha value is -1.98. The summed E-state index contributed by atoms with van der Waals surface area (Å²) < 4.78 is 29.5. The Labute approximate surface area is 117 Å². The van der Waals surface area contributed by atoms with Gasteiger partial charge in [-0.15, -0.1) is 0 Å². The summed E-state index contributed by atoms with van der Waals surface area (Å²) in [6, 6.07) is 1.15. The van der Waals surface area contributed by atoms with Crippen molar-refractivity contribution in [3.8, 4) is 17.2 Å². The first-order chi connectivity index (χ1) is 9.28. The number of ether oxygens (including phenoxy) is 3. The van der Waals surface area contributed by atoms with Crippen LogP contribution in [0.4, 0.5) is 4.39 Å². The molecule has 20 heavy (non-hydrogen) atoms. The van der Waals surface area contributed by atoms with E-state index < -0.39 is 17.2 Å². The predicted molar refractivity (Wildman–Crippen MR) is 71.3 cm³/mol. The minimum Gasteiger partial charge on any atom is -0.493 e. The SMILES string of the molecule is COc1cc(F)c(OC)c(C(C)(C)CC(=O)O)c1OC. The van der Waals surface area contributed by atoms with Crippen LogP contribution in [0, 0.1) is 5.82 Å². The first-order valence-corrected chi connectivity index (χ1v) is 5.99. The van der Waals surface area contributed by atoms with Crippen molar-refractivity contribution in [2.75, 3.05) is 21.3 Å². The monoisotopic (exact) mass is 286 g/mol. The number of benzene rings is 1. The van der Waals surface area contributed by atoms with Crippen molar-refractivity contribution in [2.45, 2.75) is 25.7 Å². The molecule has 1 aromatic carbocycles. The van der Waals surface area contributed by atoms with Crippen LogP contribution < -0.4 is 14.2 Å². The average Bonchev–Trinajstić information content (AvgIpc) is 2.35. The van der Waals surface area contributed by atoms with Gasteiger partial charge in [0.2, 0.25) is 0 Å². The number of aliphatic carboxylic acids is 1. The molecule has 0 radical (unpaired) electrons. The minimum atomic E-state index is -0.998. The van der Waals surface area contributed by atoms with Gasteiger partial charge in [0.25, 0.3) is 0 Å². The van der Waals surface area contributed by atoms with Crippen LogP contribution in [-0.4, -0.2) is 32.4 Å². The van der Waals surface area contributed by atoms with Crippen LogP contribution in [0.3, 0.4) is 0 Å². The first kappa shape index (κ1) is 16.1. The smallest absolute Gasteiger partial charge is 0.304 e. The van der Waals surface area contributed by atoms with Crippen molar-refractivity contribution < 1.29 is 28.5 Å². The molecule has 0 saturated heterocycles. The van der Waals surface area contributed by atoms with Crippen LogP contribution in [0.1, 0.15) is 25.8 Å². The van der Waals surface area contributed by atoms with Crippen molar-refractivity contribution in [1.29, 1.82) is 0 Å². The second-order valence-corrected chi connectivity index (χ2v) is 4.96. The fourth-order valence-electron chi connectivity index (χ4n) is 2.23. The van der Waals surface area contributed by atoms with Crippen molar-refractivity contribution in [2.24, 2.45) is 0 Å². The van der Waals surface area contributed by atoms with Crippen LogP contribution in [0.15, 0.2) is 6.07 Å². The van der Waals surface area contributed by atoms with Crippen LogP contribution >= 0.6 is 0 Å². The molecule has 0 aliphatic heterocycles. The van der Waals surface area contributed by atoms with Gasteiger partial charge in [0.15, 0.2) is 23.1 Å². The van der Waals surface area contributed by atoms with E-state index >= 15 is 0 Å². The summed E-state index contributed by atoms with van der Waals surface area (Å²) in [5, 5.41) is 9.03. The van der Waals surface area contributed by atoms with Gasteiger partial charge in [-0.1, -0.05) is 13.8 Å². The minimum absolute atomic E-state index is 0.0334. The van der Waals surface area contributed by atoms with E-state index in [0.717, 1.165) is 6.07 Å². The van der Waals surface area contributed by atoms with Gasteiger partial charge in [-0.25, -0.2) is 4.39 Å². The molecule has 0 unspecified atom stereocenters. The molecule has 0 aliphatic rings. The zero-order chi connectivity index (χ0) is 15.5. The van der Waals surface area contributed by atoms with Gasteiger partial charge >= 0.3 is 5.97 Å². The third kappa shape index (κ3) is 2.95. The zero-order valence-corrected chi connectivity index (χ0v) is 12.2. The average molecular weight is 286 g/mol. The molecule has 0 saturated carbocycles. The third-order valence-corrected chi connectivity index (χ3v) is 3.05. The Morgan fingerprint density at radius 2 is 1.75 bits per heavy atom. The highest BCUT2D eigenvalue weighted by Gasteiger charge is 2.34. The largest absolute Gasteiger partial charge is 0.493 e. The lowest BCUT2D eigenvalue weighted by Gasteiger charge is -2.28. The maximum absolute atomic E-state index is 14.1. The Bertz CT molecular complexity index is 511. The molecular weight excluding hydrogens is 267 g/mol. The summed E-state index contributed by atoms with van der Waals surface area (Å²) in [6.07, 6.45) is -0.202. The molecular formula is C14H19FO5. The molecule has 5 nitrogen and oxygen atoms in total. The summed E-state index contributed by atoms with van der Waals surface area (Å²) in [5.74, 6) is -1.19. The first-order valence-electron chi connectivity index (χ1n) is 5.99. The molecule has 1 aromatic rings. The van der Waals surface area contributed by atoms with E-state index in [1.54, 1.807) is 13.8 Å². The summed E-state index contributed by atoms with van der Waals surface area (Å²) in [5.41, 5.74) is -0.556. The lowest BCUT2D eigenvalue weighted by molar-refractivity contribution is -0.138. The van der Waals surface area contributed by atoms with Gasteiger partial charge in [0.05, 0.1) is 27.8 Å². The second kappa shape index (κ2) is 5.98. The number of halogens is 1. The summed E-state index contributed by atoms with van der Waals surface area (Å²) in [4.78, 5) is 11.0. The maximum atomic E-state index is 14.1. The number of carbonyl (C=O) groups is 1. The molecule has 1 rings (SSSR count). The highest BCUT2D eigenvalue weighted by Crippen LogP contribution is 2.47. The van der Waals surface area contributed by atoms with Crippen LogP contribution in [0.25, 0.3) is 0 Å². The molecule has 6 heteroatoms. The molecule has 0 aromatic heterocycles. The van der Waals surface area contributed by atoms with Crippen LogP contribution in [0.5, 0.6) is 17.2 Å². The second-order valence-electron chi connectivity index (χ2n) is 4.96. The lowest BCUT2D eigenvalue weighted by atomic mass is 9.80. The zero-order valence-electron chi connectivity index (χ0n) is 12.2. The van der Waals surface area contributed by atoms with Crippen molar-refractivity contribution >= 4 is 5.97 Å². The molecule has 0 spiro atoms. The van der Waals surface area contributed by atoms with E-state index in [1.165, 1.54) is 21.3 Å². The molecule has 0 amide bonds. The highest BCUT2D eigenvalue weighted by atomic mass is 19.1. The number of hydrogen-bond donors (Lipinski definition) is 1. The van der Waals surface area contributed by atoms with Crippen LogP contribution in [-0.2, 0) is 10.2 Å². The summed E-state index contributed by atoms with van der Waals surface area (Å²) in [6.45, 7) is 3.36. The predicted octanol–water partition coefficient (Wildman–Crippen LogP) is 2.60. The Morgan fingerprint density at radius 3 is 2.15 bits per heavy atom. The standard InChI is InChI=1S/C14H19FO5/c1-14(2,7-10(16)17)11-12(19-4)8(15)6-9(18-3)13(11)20-5/h6H,7H2,1-5H3,(H,16,17). The quantitative estimate of drug-likeness (QED) is 0.870. The Morgan fingerprint density at radius 1 is 1.20 bits per heavy atom. The van der Waals surface area contributed by atoms with Crippen LogP contribution in [0.2, 0.25) is 0 Å². The molecule has 1 N–H and O–H groups in total. The fraction of sp³-hybridized carbons (Fsp3) is 0.500. The third-order valence-electron chi connectivity index (χ3n) is 3.05. The van der Waals surface area contributed by atoms with E-state index in [4.69, 9.17) is 19.3 Å². The fourth-order valence-corrected chi connectivity index (χ4v) is 2.23. The van der Waals surface area contributed by atoms with Gasteiger partial charge in [-0.3, -0.25) is 4.79 Å². The van der Waals surface area contributed by atoms with Gasteiger partial charge in [-0.05, 0) is 0 Å². The molecule has 0 fully saturated rings. The normalized spacial score (nSPS) is 11.1. The van der Waals surface area contributed by atoms with E-state index in [9.17, 15) is 9.18 Å². The topological polar surface area (TPSA) is 65.0 Å². The molecule has 0 bridgehead atoms.